The zero-order chi connectivity index (χ0) is 22.0. The van der Waals surface area contributed by atoms with Gasteiger partial charge in [0.2, 0.25) is 5.91 Å². The number of nitrogens with one attached hydrogen (secondary N) is 1. The van der Waals surface area contributed by atoms with Crippen molar-refractivity contribution < 1.29 is 32.2 Å². The summed E-state index contributed by atoms with van der Waals surface area (Å²) in [6.45, 7) is -1.14. The molecule has 0 unspecified atom stereocenters. The molecule has 0 aliphatic rings. The number of nitrogens with two attached hydrogens (primary N) is 1. The van der Waals surface area contributed by atoms with Gasteiger partial charge in [0.1, 0.15) is 11.5 Å². The van der Waals surface area contributed by atoms with Crippen LogP contribution in [-0.4, -0.2) is 36.2 Å². The number of nitrogens with zero attached hydrogens (tertiary/aromatic N) is 1. The Morgan fingerprint density at radius 2 is 1.90 bits per heavy atom. The third-order valence-electron chi connectivity index (χ3n) is 3.83. The van der Waals surface area contributed by atoms with Crippen LogP contribution in [-0.2, 0) is 11.3 Å². The molecule has 2 aromatic rings. The molecule has 1 aromatic heterocycles. The number of carbonyl (C=O) groups is 2. The van der Waals surface area contributed by atoms with Gasteiger partial charge in [0.25, 0.3) is 5.91 Å². The molecule has 0 fully saturated rings. The SMILES string of the molecule is NC(=O)CCCCOc1ccc(OCC(F)(F)F)cc1C(=O)NCc1ccccn1. The van der Waals surface area contributed by atoms with Gasteiger partial charge < -0.3 is 20.5 Å². The van der Waals surface area contributed by atoms with Gasteiger partial charge in [-0.05, 0) is 43.2 Å². The van der Waals surface area contributed by atoms with Crippen LogP contribution in [0.3, 0.4) is 0 Å². The lowest BCUT2D eigenvalue weighted by atomic mass is 10.1. The highest BCUT2D eigenvalue weighted by Gasteiger charge is 2.28. The summed E-state index contributed by atoms with van der Waals surface area (Å²) in [6, 6.07) is 9.07. The number of benzene rings is 1. The van der Waals surface area contributed by atoms with Crippen molar-refractivity contribution >= 4 is 11.8 Å². The Morgan fingerprint density at radius 1 is 1.10 bits per heavy atom. The van der Waals surface area contributed by atoms with Crippen molar-refractivity contribution in [1.29, 1.82) is 0 Å². The average molecular weight is 425 g/mol. The van der Waals surface area contributed by atoms with E-state index in [0.717, 1.165) is 0 Å². The molecule has 0 saturated carbocycles. The first-order valence-electron chi connectivity index (χ1n) is 9.17. The van der Waals surface area contributed by atoms with Crippen LogP contribution in [0, 0.1) is 0 Å². The third kappa shape index (κ3) is 8.38. The number of pyridine rings is 1. The van der Waals surface area contributed by atoms with Gasteiger partial charge in [-0.25, -0.2) is 0 Å². The molecule has 1 aromatic carbocycles. The van der Waals surface area contributed by atoms with Crippen molar-refractivity contribution in [1.82, 2.24) is 10.3 Å². The van der Waals surface area contributed by atoms with Gasteiger partial charge in [-0.3, -0.25) is 14.6 Å². The largest absolute Gasteiger partial charge is 0.493 e. The molecule has 162 valence electrons. The number of amides is 2. The normalized spacial score (nSPS) is 11.0. The van der Waals surface area contributed by atoms with Crippen LogP contribution < -0.4 is 20.5 Å². The zero-order valence-corrected chi connectivity index (χ0v) is 16.1. The summed E-state index contributed by atoms with van der Waals surface area (Å²) in [6.07, 6.45) is -1.68. The molecule has 10 heteroatoms. The molecule has 3 N–H and O–H groups in total. The summed E-state index contributed by atoms with van der Waals surface area (Å²) in [7, 11) is 0. The Labute approximate surface area is 171 Å². The second-order valence-corrected chi connectivity index (χ2v) is 6.34. The van der Waals surface area contributed by atoms with Crippen molar-refractivity contribution in [2.75, 3.05) is 13.2 Å². The molecule has 1 heterocycles. The van der Waals surface area contributed by atoms with Gasteiger partial charge in [-0.15, -0.1) is 0 Å². The van der Waals surface area contributed by atoms with Gasteiger partial charge in [0.15, 0.2) is 6.61 Å². The van der Waals surface area contributed by atoms with Crippen LogP contribution >= 0.6 is 0 Å². The summed E-state index contributed by atoms with van der Waals surface area (Å²) in [4.78, 5) is 27.5. The van der Waals surface area contributed by atoms with Crippen molar-refractivity contribution in [2.45, 2.75) is 32.0 Å². The second kappa shape index (κ2) is 11.0. The molecule has 0 atom stereocenters. The van der Waals surface area contributed by atoms with E-state index >= 15 is 0 Å². The van der Waals surface area contributed by atoms with E-state index < -0.39 is 24.6 Å². The standard InChI is InChI=1S/C20H22F3N3O4/c21-20(22,23)13-30-15-7-8-17(29-10-4-2-6-18(24)27)16(11-15)19(28)26-12-14-5-1-3-9-25-14/h1,3,5,7-9,11H,2,4,6,10,12-13H2,(H2,24,27)(H,26,28). The maximum absolute atomic E-state index is 12.6. The number of carbonyl (C=O) groups excluding carboxylic acids is 2. The number of aromatic nitrogens is 1. The Hall–Kier alpha value is -3.30. The van der Waals surface area contributed by atoms with Crippen LogP contribution in [0.5, 0.6) is 11.5 Å². The Bertz CT molecular complexity index is 845. The minimum atomic E-state index is -4.50. The van der Waals surface area contributed by atoms with E-state index in [4.69, 9.17) is 15.2 Å². The molecule has 0 aliphatic heterocycles. The topological polar surface area (TPSA) is 104 Å². The number of halogens is 3. The smallest absolute Gasteiger partial charge is 0.422 e. The molecule has 7 nitrogen and oxygen atoms in total. The Balaban J connectivity index is 2.07. The van der Waals surface area contributed by atoms with E-state index in [-0.39, 0.29) is 36.6 Å². The maximum Gasteiger partial charge on any atom is 0.422 e. The van der Waals surface area contributed by atoms with Crippen molar-refractivity contribution in [2.24, 2.45) is 5.73 Å². The predicted octanol–water partition coefficient (Wildman–Crippen LogP) is 2.99. The predicted molar refractivity (Wildman–Crippen MR) is 102 cm³/mol. The van der Waals surface area contributed by atoms with E-state index in [9.17, 15) is 22.8 Å². The van der Waals surface area contributed by atoms with E-state index in [1.807, 2.05) is 0 Å². The zero-order valence-electron chi connectivity index (χ0n) is 16.1. The van der Waals surface area contributed by atoms with Crippen molar-refractivity contribution in [3.63, 3.8) is 0 Å². The molecule has 0 spiro atoms. The van der Waals surface area contributed by atoms with Crippen molar-refractivity contribution in [3.05, 3.63) is 53.9 Å². The van der Waals surface area contributed by atoms with Gasteiger partial charge >= 0.3 is 6.18 Å². The highest BCUT2D eigenvalue weighted by Crippen LogP contribution is 2.26. The minimum Gasteiger partial charge on any atom is -0.493 e. The fourth-order valence-electron chi connectivity index (χ4n) is 2.42. The van der Waals surface area contributed by atoms with E-state index in [0.29, 0.717) is 18.5 Å². The Morgan fingerprint density at radius 3 is 2.57 bits per heavy atom. The first-order chi connectivity index (χ1) is 14.2. The molecule has 0 bridgehead atoms. The minimum absolute atomic E-state index is 0.0282. The van der Waals surface area contributed by atoms with Gasteiger partial charge in [-0.1, -0.05) is 6.07 Å². The maximum atomic E-state index is 12.6. The summed E-state index contributed by atoms with van der Waals surface area (Å²) < 4.78 is 47.6. The molecular formula is C20H22F3N3O4. The fraction of sp³-hybridized carbons (Fsp3) is 0.350. The number of hydrogen-bond acceptors (Lipinski definition) is 5. The van der Waals surface area contributed by atoms with Crippen LogP contribution in [0.4, 0.5) is 13.2 Å². The number of rotatable bonds is 11. The number of unbranched alkanes of at least 4 members (excludes halogenated alkanes) is 1. The quantitative estimate of drug-likeness (QED) is 0.539. The molecular weight excluding hydrogens is 403 g/mol. The lowest BCUT2D eigenvalue weighted by molar-refractivity contribution is -0.153. The molecule has 0 saturated heterocycles. The van der Waals surface area contributed by atoms with Crippen molar-refractivity contribution in [3.8, 4) is 11.5 Å². The molecule has 0 aliphatic carbocycles. The third-order valence-corrected chi connectivity index (χ3v) is 3.83. The first-order valence-corrected chi connectivity index (χ1v) is 9.17. The summed E-state index contributed by atoms with van der Waals surface area (Å²) in [5.41, 5.74) is 5.72. The second-order valence-electron chi connectivity index (χ2n) is 6.34. The summed E-state index contributed by atoms with van der Waals surface area (Å²) >= 11 is 0. The highest BCUT2D eigenvalue weighted by atomic mass is 19.4. The van der Waals surface area contributed by atoms with Crippen LogP contribution in [0.15, 0.2) is 42.6 Å². The number of hydrogen-bond donors (Lipinski definition) is 2. The van der Waals surface area contributed by atoms with Crippen LogP contribution in [0.1, 0.15) is 35.3 Å². The number of ether oxygens (including phenoxy) is 2. The van der Waals surface area contributed by atoms with Gasteiger partial charge in [0.05, 0.1) is 24.4 Å². The van der Waals surface area contributed by atoms with Gasteiger partial charge in [0, 0.05) is 12.6 Å². The molecule has 30 heavy (non-hydrogen) atoms. The fourth-order valence-corrected chi connectivity index (χ4v) is 2.42. The monoisotopic (exact) mass is 425 g/mol. The van der Waals surface area contributed by atoms with E-state index in [2.05, 4.69) is 10.3 Å². The van der Waals surface area contributed by atoms with Crippen LogP contribution in [0.25, 0.3) is 0 Å². The average Bonchev–Trinajstić information content (AvgIpc) is 2.70. The highest BCUT2D eigenvalue weighted by molar-refractivity contribution is 5.97. The number of primary amides is 1. The summed E-state index contributed by atoms with van der Waals surface area (Å²) in [5.74, 6) is -0.899. The molecule has 2 amide bonds. The summed E-state index contributed by atoms with van der Waals surface area (Å²) in [5, 5.41) is 2.65. The first kappa shape index (κ1) is 23.0. The Kier molecular flexibility index (Phi) is 8.45. The molecule has 0 radical (unpaired) electrons. The van der Waals surface area contributed by atoms with E-state index in [1.165, 1.54) is 18.2 Å². The van der Waals surface area contributed by atoms with Gasteiger partial charge in [-0.2, -0.15) is 13.2 Å². The van der Waals surface area contributed by atoms with Crippen LogP contribution in [0.2, 0.25) is 0 Å². The van der Waals surface area contributed by atoms with E-state index in [1.54, 1.807) is 24.4 Å². The lowest BCUT2D eigenvalue weighted by Gasteiger charge is -2.14. The number of alkyl halides is 3. The molecule has 2 rings (SSSR count). The lowest BCUT2D eigenvalue weighted by Crippen LogP contribution is -2.24.